The molecule has 4 heteroatoms. The standard InChI is InChI=1S/C16H14BrClO2/c17-14-5-1-11(2-6-14)9-13(16(19)20)10-12-3-7-15(18)8-4-12/h1-8,13H,9-10H2,(H,19,20). The minimum Gasteiger partial charge on any atom is -0.481 e. The summed E-state index contributed by atoms with van der Waals surface area (Å²) in [5, 5.41) is 10.0. The van der Waals surface area contributed by atoms with E-state index in [9.17, 15) is 9.90 Å². The van der Waals surface area contributed by atoms with Crippen molar-refractivity contribution in [2.75, 3.05) is 0 Å². The van der Waals surface area contributed by atoms with E-state index in [4.69, 9.17) is 11.6 Å². The van der Waals surface area contributed by atoms with Gasteiger partial charge in [0, 0.05) is 9.50 Å². The second-order valence-corrected chi connectivity index (χ2v) is 6.05. The Labute approximate surface area is 131 Å². The Balaban J connectivity index is 2.09. The van der Waals surface area contributed by atoms with E-state index in [1.807, 2.05) is 36.4 Å². The molecule has 104 valence electrons. The van der Waals surface area contributed by atoms with Gasteiger partial charge in [-0.25, -0.2) is 0 Å². The normalized spacial score (nSPS) is 12.1. The summed E-state index contributed by atoms with van der Waals surface area (Å²) in [6.07, 6.45) is 1.02. The molecule has 0 aliphatic rings. The van der Waals surface area contributed by atoms with Crippen LogP contribution in [-0.2, 0) is 17.6 Å². The van der Waals surface area contributed by atoms with Crippen molar-refractivity contribution in [2.24, 2.45) is 5.92 Å². The van der Waals surface area contributed by atoms with Gasteiger partial charge in [0.1, 0.15) is 0 Å². The molecule has 0 bridgehead atoms. The van der Waals surface area contributed by atoms with Gasteiger partial charge in [0.2, 0.25) is 0 Å². The zero-order chi connectivity index (χ0) is 14.5. The predicted molar refractivity (Wildman–Crippen MR) is 84.1 cm³/mol. The zero-order valence-corrected chi connectivity index (χ0v) is 13.1. The lowest BCUT2D eigenvalue weighted by atomic mass is 9.93. The van der Waals surface area contributed by atoms with E-state index in [0.717, 1.165) is 15.6 Å². The molecular formula is C16H14BrClO2. The molecule has 0 amide bonds. The van der Waals surface area contributed by atoms with Crippen LogP contribution in [0.1, 0.15) is 11.1 Å². The summed E-state index contributed by atoms with van der Waals surface area (Å²) in [6, 6.07) is 15.1. The van der Waals surface area contributed by atoms with Crippen LogP contribution in [0.2, 0.25) is 5.02 Å². The largest absolute Gasteiger partial charge is 0.481 e. The molecule has 2 nitrogen and oxygen atoms in total. The topological polar surface area (TPSA) is 37.3 Å². The van der Waals surface area contributed by atoms with Gasteiger partial charge in [-0.1, -0.05) is 51.8 Å². The van der Waals surface area contributed by atoms with Crippen LogP contribution in [0, 0.1) is 5.92 Å². The lowest BCUT2D eigenvalue weighted by Gasteiger charge is -2.12. The van der Waals surface area contributed by atoms with Crippen LogP contribution >= 0.6 is 27.5 Å². The molecular weight excluding hydrogens is 340 g/mol. The molecule has 0 saturated carbocycles. The molecule has 0 spiro atoms. The maximum Gasteiger partial charge on any atom is 0.307 e. The maximum absolute atomic E-state index is 11.4. The Morgan fingerprint density at radius 3 is 1.90 bits per heavy atom. The highest BCUT2D eigenvalue weighted by Crippen LogP contribution is 2.19. The molecule has 0 radical (unpaired) electrons. The molecule has 1 atom stereocenters. The molecule has 0 heterocycles. The van der Waals surface area contributed by atoms with E-state index in [1.54, 1.807) is 12.1 Å². The molecule has 1 unspecified atom stereocenters. The fourth-order valence-electron chi connectivity index (χ4n) is 2.06. The number of carbonyl (C=O) groups is 1. The second-order valence-electron chi connectivity index (χ2n) is 4.70. The first-order valence-corrected chi connectivity index (χ1v) is 7.43. The van der Waals surface area contributed by atoms with E-state index in [2.05, 4.69) is 15.9 Å². The summed E-state index contributed by atoms with van der Waals surface area (Å²) >= 11 is 9.21. The van der Waals surface area contributed by atoms with Gasteiger partial charge in [-0.15, -0.1) is 0 Å². The van der Waals surface area contributed by atoms with Gasteiger partial charge in [0.25, 0.3) is 0 Å². The average molecular weight is 354 g/mol. The number of rotatable bonds is 5. The number of carboxylic acid groups (broad SMARTS) is 1. The van der Waals surface area contributed by atoms with Crippen molar-refractivity contribution in [1.29, 1.82) is 0 Å². The molecule has 0 aromatic heterocycles. The van der Waals surface area contributed by atoms with Crippen molar-refractivity contribution in [3.63, 3.8) is 0 Å². The molecule has 2 aromatic carbocycles. The van der Waals surface area contributed by atoms with Gasteiger partial charge >= 0.3 is 5.97 Å². The van der Waals surface area contributed by atoms with Gasteiger partial charge in [-0.3, -0.25) is 4.79 Å². The van der Waals surface area contributed by atoms with Crippen LogP contribution in [-0.4, -0.2) is 11.1 Å². The van der Waals surface area contributed by atoms with Crippen LogP contribution in [0.15, 0.2) is 53.0 Å². The molecule has 0 saturated heterocycles. The third kappa shape index (κ3) is 4.36. The zero-order valence-electron chi connectivity index (χ0n) is 10.7. The maximum atomic E-state index is 11.4. The Hall–Kier alpha value is -1.32. The Kier molecular flexibility index (Phi) is 5.21. The van der Waals surface area contributed by atoms with Gasteiger partial charge in [0.05, 0.1) is 5.92 Å². The van der Waals surface area contributed by atoms with Crippen molar-refractivity contribution >= 4 is 33.5 Å². The summed E-state index contributed by atoms with van der Waals surface area (Å²) in [4.78, 5) is 11.4. The van der Waals surface area contributed by atoms with Crippen molar-refractivity contribution < 1.29 is 9.90 Å². The summed E-state index contributed by atoms with van der Waals surface area (Å²) in [5.74, 6) is -1.21. The Morgan fingerprint density at radius 1 is 1.00 bits per heavy atom. The van der Waals surface area contributed by atoms with E-state index >= 15 is 0 Å². The molecule has 2 rings (SSSR count). The monoisotopic (exact) mass is 352 g/mol. The quantitative estimate of drug-likeness (QED) is 0.853. The summed E-state index contributed by atoms with van der Waals surface area (Å²) in [7, 11) is 0. The van der Waals surface area contributed by atoms with Crippen LogP contribution in [0.25, 0.3) is 0 Å². The lowest BCUT2D eigenvalue weighted by Crippen LogP contribution is -2.19. The molecule has 2 aromatic rings. The highest BCUT2D eigenvalue weighted by molar-refractivity contribution is 9.10. The van der Waals surface area contributed by atoms with Crippen LogP contribution in [0.3, 0.4) is 0 Å². The Morgan fingerprint density at radius 2 is 1.45 bits per heavy atom. The first kappa shape index (κ1) is 15.1. The number of benzene rings is 2. The fourth-order valence-corrected chi connectivity index (χ4v) is 2.45. The fraction of sp³-hybridized carbons (Fsp3) is 0.188. The highest BCUT2D eigenvalue weighted by atomic mass is 79.9. The number of carboxylic acids is 1. The van der Waals surface area contributed by atoms with Gasteiger partial charge in [-0.05, 0) is 48.2 Å². The van der Waals surface area contributed by atoms with Crippen molar-refractivity contribution in [1.82, 2.24) is 0 Å². The SMILES string of the molecule is O=C(O)C(Cc1ccc(Cl)cc1)Cc1ccc(Br)cc1. The number of aliphatic carboxylic acids is 1. The molecule has 1 N–H and O–H groups in total. The third-order valence-electron chi connectivity index (χ3n) is 3.14. The first-order chi connectivity index (χ1) is 9.54. The minimum atomic E-state index is -0.775. The van der Waals surface area contributed by atoms with Crippen LogP contribution in [0.4, 0.5) is 0 Å². The summed E-state index contributed by atoms with van der Waals surface area (Å²) in [6.45, 7) is 0. The second kappa shape index (κ2) is 6.91. The molecule has 20 heavy (non-hydrogen) atoms. The smallest absolute Gasteiger partial charge is 0.307 e. The van der Waals surface area contributed by atoms with E-state index < -0.39 is 11.9 Å². The highest BCUT2D eigenvalue weighted by Gasteiger charge is 2.18. The van der Waals surface area contributed by atoms with Gasteiger partial charge in [0.15, 0.2) is 0 Å². The van der Waals surface area contributed by atoms with Crippen LogP contribution in [0.5, 0.6) is 0 Å². The molecule has 0 fully saturated rings. The lowest BCUT2D eigenvalue weighted by molar-refractivity contribution is -0.141. The summed E-state index contributed by atoms with van der Waals surface area (Å²) < 4.78 is 0.992. The molecule has 0 aliphatic carbocycles. The van der Waals surface area contributed by atoms with Gasteiger partial charge < -0.3 is 5.11 Å². The predicted octanol–water partition coefficient (Wildman–Crippen LogP) is 4.59. The van der Waals surface area contributed by atoms with Crippen molar-refractivity contribution in [3.8, 4) is 0 Å². The number of hydrogen-bond acceptors (Lipinski definition) is 1. The number of halogens is 2. The summed E-state index contributed by atoms with van der Waals surface area (Å²) in [5.41, 5.74) is 2.01. The minimum absolute atomic E-state index is 0.433. The van der Waals surface area contributed by atoms with Crippen molar-refractivity contribution in [3.05, 3.63) is 69.2 Å². The van der Waals surface area contributed by atoms with E-state index in [0.29, 0.717) is 17.9 Å². The van der Waals surface area contributed by atoms with E-state index in [1.165, 1.54) is 0 Å². The third-order valence-corrected chi connectivity index (χ3v) is 3.92. The van der Waals surface area contributed by atoms with Gasteiger partial charge in [-0.2, -0.15) is 0 Å². The van der Waals surface area contributed by atoms with E-state index in [-0.39, 0.29) is 0 Å². The average Bonchev–Trinajstić information content (AvgIpc) is 2.42. The number of hydrogen-bond donors (Lipinski definition) is 1. The molecule has 0 aliphatic heterocycles. The first-order valence-electron chi connectivity index (χ1n) is 6.26. The Bertz CT molecular complexity index is 531. The van der Waals surface area contributed by atoms with Crippen molar-refractivity contribution in [2.45, 2.75) is 12.8 Å². The van der Waals surface area contributed by atoms with Crippen LogP contribution < -0.4 is 0 Å².